The molecule has 0 N–H and O–H groups in total. The van der Waals surface area contributed by atoms with E-state index in [9.17, 15) is 17.6 Å². The summed E-state index contributed by atoms with van der Waals surface area (Å²) in [6.45, 7) is 1.12. The van der Waals surface area contributed by atoms with Gasteiger partial charge in [-0.1, -0.05) is 24.3 Å². The second-order valence-corrected chi connectivity index (χ2v) is 8.85. The molecule has 3 aromatic rings. The number of aromatic nitrogens is 1. The minimum Gasteiger partial charge on any atom is -0.340 e. The van der Waals surface area contributed by atoms with Crippen molar-refractivity contribution in [2.75, 3.05) is 26.2 Å². The van der Waals surface area contributed by atoms with Crippen LogP contribution in [0.3, 0.4) is 0 Å². The van der Waals surface area contributed by atoms with E-state index in [1.165, 1.54) is 16.4 Å². The van der Waals surface area contributed by atoms with Crippen LogP contribution in [0.2, 0.25) is 0 Å². The van der Waals surface area contributed by atoms with Crippen molar-refractivity contribution in [3.63, 3.8) is 0 Å². The van der Waals surface area contributed by atoms with Crippen molar-refractivity contribution in [2.24, 2.45) is 0 Å². The van der Waals surface area contributed by atoms with Crippen molar-refractivity contribution in [2.45, 2.75) is 11.3 Å². The molecule has 2 heterocycles. The highest BCUT2D eigenvalue weighted by atomic mass is 32.2. The Labute approximate surface area is 168 Å². The molecule has 0 radical (unpaired) electrons. The van der Waals surface area contributed by atoms with Crippen LogP contribution in [-0.4, -0.2) is 54.7 Å². The van der Waals surface area contributed by atoms with E-state index in [0.717, 1.165) is 10.9 Å². The molecule has 8 heteroatoms. The largest absolute Gasteiger partial charge is 0.340 e. The molecule has 0 unspecified atom stereocenters. The summed E-state index contributed by atoms with van der Waals surface area (Å²) in [6, 6.07) is 12.7. The molecule has 1 fully saturated rings. The number of benzene rings is 2. The SMILES string of the molecule is O=C(Cc1ccc(F)cc1)N1CCN(S(=O)(=O)c2cccc3cnccc23)CC1. The van der Waals surface area contributed by atoms with Gasteiger partial charge in [0.25, 0.3) is 0 Å². The lowest BCUT2D eigenvalue weighted by atomic mass is 10.1. The summed E-state index contributed by atoms with van der Waals surface area (Å²) in [7, 11) is -3.68. The van der Waals surface area contributed by atoms with E-state index in [2.05, 4.69) is 4.98 Å². The fourth-order valence-electron chi connectivity index (χ4n) is 3.52. The number of nitrogens with zero attached hydrogens (tertiary/aromatic N) is 3. The van der Waals surface area contributed by atoms with Crippen LogP contribution in [0, 0.1) is 5.82 Å². The van der Waals surface area contributed by atoms with Crippen LogP contribution in [0.25, 0.3) is 10.8 Å². The van der Waals surface area contributed by atoms with Crippen molar-refractivity contribution < 1.29 is 17.6 Å². The Morgan fingerprint density at radius 3 is 2.45 bits per heavy atom. The molecule has 0 saturated carbocycles. The van der Waals surface area contributed by atoms with Crippen LogP contribution < -0.4 is 0 Å². The first-order chi connectivity index (χ1) is 13.9. The minimum absolute atomic E-state index is 0.0927. The Morgan fingerprint density at radius 1 is 1.00 bits per heavy atom. The van der Waals surface area contributed by atoms with Gasteiger partial charge in [0.2, 0.25) is 15.9 Å². The summed E-state index contributed by atoms with van der Waals surface area (Å²) in [5.74, 6) is -0.436. The van der Waals surface area contributed by atoms with Gasteiger partial charge in [0.05, 0.1) is 11.3 Å². The molecular weight excluding hydrogens is 393 g/mol. The van der Waals surface area contributed by atoms with Gasteiger partial charge < -0.3 is 4.90 Å². The Hall–Kier alpha value is -2.84. The first-order valence-corrected chi connectivity index (χ1v) is 10.7. The maximum atomic E-state index is 13.2. The predicted octanol–water partition coefficient (Wildman–Crippen LogP) is 2.45. The van der Waals surface area contributed by atoms with Crippen LogP contribution in [0.5, 0.6) is 0 Å². The number of sulfonamides is 1. The molecule has 1 aliphatic rings. The molecule has 6 nitrogen and oxygen atoms in total. The number of carbonyl (C=O) groups excluding carboxylic acids is 1. The molecule has 1 aromatic heterocycles. The highest BCUT2D eigenvalue weighted by Crippen LogP contribution is 2.26. The van der Waals surface area contributed by atoms with Gasteiger partial charge in [-0.25, -0.2) is 12.8 Å². The van der Waals surface area contributed by atoms with Gasteiger partial charge >= 0.3 is 0 Å². The van der Waals surface area contributed by atoms with E-state index in [1.54, 1.807) is 47.6 Å². The number of pyridine rings is 1. The van der Waals surface area contributed by atoms with Gasteiger partial charge in [-0.3, -0.25) is 9.78 Å². The summed E-state index contributed by atoms with van der Waals surface area (Å²) in [5, 5.41) is 1.40. The van der Waals surface area contributed by atoms with Gasteiger partial charge in [0.15, 0.2) is 0 Å². The van der Waals surface area contributed by atoms with Crippen LogP contribution >= 0.6 is 0 Å². The number of rotatable bonds is 4. The molecule has 0 spiro atoms. The fourth-order valence-corrected chi connectivity index (χ4v) is 5.16. The zero-order valence-electron chi connectivity index (χ0n) is 15.7. The van der Waals surface area contributed by atoms with E-state index in [1.807, 2.05) is 6.07 Å². The number of amides is 1. The summed E-state index contributed by atoms with van der Waals surface area (Å²) in [4.78, 5) is 18.5. The maximum Gasteiger partial charge on any atom is 0.243 e. The van der Waals surface area contributed by atoms with Crippen LogP contribution in [0.1, 0.15) is 5.56 Å². The molecule has 1 amide bonds. The van der Waals surface area contributed by atoms with Crippen molar-refractivity contribution >= 4 is 26.7 Å². The number of hydrogen-bond donors (Lipinski definition) is 0. The average molecular weight is 413 g/mol. The van der Waals surface area contributed by atoms with Crippen molar-refractivity contribution in [1.29, 1.82) is 0 Å². The lowest BCUT2D eigenvalue weighted by molar-refractivity contribution is -0.131. The van der Waals surface area contributed by atoms with E-state index < -0.39 is 10.0 Å². The number of piperazine rings is 1. The van der Waals surface area contributed by atoms with E-state index in [-0.39, 0.29) is 36.1 Å². The van der Waals surface area contributed by atoms with E-state index in [4.69, 9.17) is 0 Å². The summed E-state index contributed by atoms with van der Waals surface area (Å²) in [5.41, 5.74) is 0.732. The Bertz CT molecular complexity index is 1140. The molecule has 1 aliphatic heterocycles. The molecule has 150 valence electrons. The first kappa shape index (κ1) is 19.5. The van der Waals surface area contributed by atoms with Gasteiger partial charge in [0, 0.05) is 49.3 Å². The quantitative estimate of drug-likeness (QED) is 0.659. The van der Waals surface area contributed by atoms with Gasteiger partial charge in [-0.05, 0) is 29.8 Å². The summed E-state index contributed by atoms with van der Waals surface area (Å²) in [6.07, 6.45) is 3.39. The van der Waals surface area contributed by atoms with E-state index in [0.29, 0.717) is 18.5 Å². The predicted molar refractivity (Wildman–Crippen MR) is 107 cm³/mol. The Kier molecular flexibility index (Phi) is 5.29. The molecule has 0 atom stereocenters. The third-order valence-electron chi connectivity index (χ3n) is 5.12. The molecular formula is C21H20FN3O3S. The minimum atomic E-state index is -3.68. The van der Waals surface area contributed by atoms with E-state index >= 15 is 0 Å². The standard InChI is InChI=1S/C21H20FN3O3S/c22-18-6-4-16(5-7-18)14-21(26)24-10-12-25(13-11-24)29(27,28)20-3-1-2-17-15-23-9-8-19(17)20/h1-9,15H,10-14H2. The van der Waals surface area contributed by atoms with Crippen molar-refractivity contribution in [3.05, 3.63) is 72.3 Å². The summed E-state index contributed by atoms with van der Waals surface area (Å²) < 4.78 is 40.8. The lowest BCUT2D eigenvalue weighted by Crippen LogP contribution is -2.50. The van der Waals surface area contributed by atoms with Gasteiger partial charge in [-0.15, -0.1) is 0 Å². The third-order valence-corrected chi connectivity index (χ3v) is 7.08. The highest BCUT2D eigenvalue weighted by molar-refractivity contribution is 7.89. The average Bonchev–Trinajstić information content (AvgIpc) is 2.75. The zero-order valence-corrected chi connectivity index (χ0v) is 16.5. The topological polar surface area (TPSA) is 70.6 Å². The fraction of sp³-hybridized carbons (Fsp3) is 0.238. The van der Waals surface area contributed by atoms with Crippen LogP contribution in [0.4, 0.5) is 4.39 Å². The first-order valence-electron chi connectivity index (χ1n) is 9.30. The van der Waals surface area contributed by atoms with Crippen molar-refractivity contribution in [3.8, 4) is 0 Å². The second-order valence-electron chi connectivity index (χ2n) is 6.94. The molecule has 4 rings (SSSR count). The molecule has 2 aromatic carbocycles. The maximum absolute atomic E-state index is 13.2. The third kappa shape index (κ3) is 3.99. The zero-order chi connectivity index (χ0) is 20.4. The smallest absolute Gasteiger partial charge is 0.243 e. The number of halogens is 1. The number of carbonyl (C=O) groups is 1. The molecule has 0 aliphatic carbocycles. The molecule has 1 saturated heterocycles. The second kappa shape index (κ2) is 7.88. The van der Waals surface area contributed by atoms with Crippen molar-refractivity contribution in [1.82, 2.24) is 14.2 Å². The Morgan fingerprint density at radius 2 is 1.72 bits per heavy atom. The lowest BCUT2D eigenvalue weighted by Gasteiger charge is -2.34. The Balaban J connectivity index is 1.46. The van der Waals surface area contributed by atoms with Gasteiger partial charge in [-0.2, -0.15) is 4.31 Å². The number of hydrogen-bond acceptors (Lipinski definition) is 4. The van der Waals surface area contributed by atoms with Crippen LogP contribution in [0.15, 0.2) is 65.8 Å². The van der Waals surface area contributed by atoms with Gasteiger partial charge in [0.1, 0.15) is 5.82 Å². The molecule has 0 bridgehead atoms. The monoisotopic (exact) mass is 413 g/mol. The molecule has 29 heavy (non-hydrogen) atoms. The normalized spacial score (nSPS) is 15.6. The number of fused-ring (bicyclic) bond motifs is 1. The highest BCUT2D eigenvalue weighted by Gasteiger charge is 2.31. The summed E-state index contributed by atoms with van der Waals surface area (Å²) >= 11 is 0. The van der Waals surface area contributed by atoms with Crippen LogP contribution in [-0.2, 0) is 21.2 Å².